The Kier molecular flexibility index (Phi) is 21.7. The van der Waals surface area contributed by atoms with Crippen LogP contribution in [-0.4, -0.2) is 49.2 Å². The van der Waals surface area contributed by atoms with Crippen molar-refractivity contribution in [3.05, 3.63) is 144 Å². The van der Waals surface area contributed by atoms with E-state index in [1.807, 2.05) is 121 Å². The predicted octanol–water partition coefficient (Wildman–Crippen LogP) is 8.98. The zero-order valence-corrected chi connectivity index (χ0v) is 33.9. The molecule has 0 fully saturated rings. The van der Waals surface area contributed by atoms with Crippen molar-refractivity contribution < 1.29 is 28.7 Å². The van der Waals surface area contributed by atoms with Crippen LogP contribution >= 0.6 is 0 Å². The van der Waals surface area contributed by atoms with Crippen LogP contribution in [0, 0.1) is 0 Å². The standard InChI is InChI=1S/C48H62N4O6/c53-45(43(35-39-25-15-11-16-26-39)51-47(55)57-37-41-29-19-13-20-30-41)49-33-23-9-7-5-3-1-2-4-6-8-10-24-34-50-46(54)44(36-40-27-17-12-18-28-40)52-48(56)58-38-42-31-21-14-22-32-42/h11-22,25-32,43-44H,1-10,23-24,33-38H2,(H,49,53)(H,50,54)(H,51,55)(H,52,56)/t43-,44-/m0/s1. The summed E-state index contributed by atoms with van der Waals surface area (Å²) in [5.41, 5.74) is 3.70. The Labute approximate surface area is 344 Å². The number of ether oxygens (including phenoxy) is 2. The van der Waals surface area contributed by atoms with E-state index in [4.69, 9.17) is 9.47 Å². The summed E-state index contributed by atoms with van der Waals surface area (Å²) in [4.78, 5) is 51.2. The first-order chi connectivity index (χ1) is 28.5. The Morgan fingerprint density at radius 3 is 0.966 bits per heavy atom. The van der Waals surface area contributed by atoms with Crippen molar-refractivity contribution in [2.24, 2.45) is 0 Å². The van der Waals surface area contributed by atoms with Gasteiger partial charge in [0.15, 0.2) is 0 Å². The quantitative estimate of drug-likeness (QED) is 0.0446. The molecular weight excluding hydrogens is 729 g/mol. The fourth-order valence-corrected chi connectivity index (χ4v) is 6.62. The zero-order valence-electron chi connectivity index (χ0n) is 33.9. The molecule has 0 bridgehead atoms. The van der Waals surface area contributed by atoms with E-state index in [1.165, 1.54) is 38.5 Å². The minimum absolute atomic E-state index is 0.143. The van der Waals surface area contributed by atoms with E-state index in [1.54, 1.807) is 0 Å². The minimum atomic E-state index is -0.721. The van der Waals surface area contributed by atoms with Gasteiger partial charge in [-0.15, -0.1) is 0 Å². The number of benzene rings is 4. The van der Waals surface area contributed by atoms with Crippen molar-refractivity contribution >= 4 is 24.0 Å². The molecule has 0 aromatic heterocycles. The van der Waals surface area contributed by atoms with Gasteiger partial charge < -0.3 is 30.7 Å². The number of hydrogen-bond donors (Lipinski definition) is 4. The van der Waals surface area contributed by atoms with Gasteiger partial charge in [0.25, 0.3) is 0 Å². The molecule has 58 heavy (non-hydrogen) atoms. The van der Waals surface area contributed by atoms with E-state index in [0.29, 0.717) is 25.9 Å². The van der Waals surface area contributed by atoms with Crippen molar-refractivity contribution in [1.29, 1.82) is 0 Å². The zero-order chi connectivity index (χ0) is 40.9. The molecule has 0 radical (unpaired) electrons. The van der Waals surface area contributed by atoms with Crippen LogP contribution in [0.2, 0.25) is 0 Å². The van der Waals surface area contributed by atoms with Crippen molar-refractivity contribution in [1.82, 2.24) is 21.3 Å². The Bertz CT molecular complexity index is 1600. The second-order valence-corrected chi connectivity index (χ2v) is 14.7. The average Bonchev–Trinajstić information content (AvgIpc) is 3.25. The number of amides is 4. The van der Waals surface area contributed by atoms with Crippen LogP contribution in [0.25, 0.3) is 0 Å². The van der Waals surface area contributed by atoms with Crippen LogP contribution in [0.15, 0.2) is 121 Å². The summed E-state index contributed by atoms with van der Waals surface area (Å²) in [6.07, 6.45) is 13.0. The summed E-state index contributed by atoms with van der Waals surface area (Å²) >= 11 is 0. The number of alkyl carbamates (subject to hydrolysis) is 2. The second kappa shape index (κ2) is 27.9. The largest absolute Gasteiger partial charge is 0.445 e. The summed E-state index contributed by atoms with van der Waals surface area (Å²) in [5.74, 6) is -0.409. The maximum absolute atomic E-state index is 13.1. The molecule has 4 aromatic carbocycles. The third kappa shape index (κ3) is 19.5. The first kappa shape index (κ1) is 45.1. The molecule has 0 aliphatic heterocycles. The molecule has 4 rings (SSSR count). The Morgan fingerprint density at radius 1 is 0.379 bits per heavy atom. The fourth-order valence-electron chi connectivity index (χ4n) is 6.62. The average molecular weight is 791 g/mol. The van der Waals surface area contributed by atoms with Crippen molar-refractivity contribution in [3.8, 4) is 0 Å². The molecule has 0 saturated carbocycles. The van der Waals surface area contributed by atoms with Crippen molar-refractivity contribution in [2.75, 3.05) is 13.1 Å². The van der Waals surface area contributed by atoms with Gasteiger partial charge in [-0.3, -0.25) is 9.59 Å². The lowest BCUT2D eigenvalue weighted by Crippen LogP contribution is -2.48. The van der Waals surface area contributed by atoms with Crippen LogP contribution in [-0.2, 0) is 45.1 Å². The number of carbonyl (C=O) groups is 4. The van der Waals surface area contributed by atoms with Crippen LogP contribution in [0.3, 0.4) is 0 Å². The topological polar surface area (TPSA) is 135 Å². The van der Waals surface area contributed by atoms with Gasteiger partial charge in [0.1, 0.15) is 25.3 Å². The number of nitrogens with one attached hydrogen (secondary N) is 4. The van der Waals surface area contributed by atoms with E-state index >= 15 is 0 Å². The van der Waals surface area contributed by atoms with E-state index < -0.39 is 24.3 Å². The lowest BCUT2D eigenvalue weighted by atomic mass is 10.0. The maximum Gasteiger partial charge on any atom is 0.408 e. The van der Waals surface area contributed by atoms with Gasteiger partial charge in [0.2, 0.25) is 11.8 Å². The van der Waals surface area contributed by atoms with Gasteiger partial charge in [-0.25, -0.2) is 9.59 Å². The van der Waals surface area contributed by atoms with Gasteiger partial charge in [0.05, 0.1) is 0 Å². The summed E-state index contributed by atoms with van der Waals surface area (Å²) in [6, 6.07) is 36.8. The third-order valence-electron chi connectivity index (χ3n) is 9.91. The highest BCUT2D eigenvalue weighted by Crippen LogP contribution is 2.13. The molecule has 4 amide bonds. The molecule has 0 heterocycles. The second-order valence-electron chi connectivity index (χ2n) is 14.7. The Balaban J connectivity index is 0.994. The first-order valence-electron chi connectivity index (χ1n) is 21.0. The van der Waals surface area contributed by atoms with Gasteiger partial charge >= 0.3 is 12.2 Å². The summed E-state index contributed by atoms with van der Waals surface area (Å²) in [7, 11) is 0. The molecule has 10 nitrogen and oxygen atoms in total. The molecule has 310 valence electrons. The normalized spacial score (nSPS) is 11.8. The monoisotopic (exact) mass is 790 g/mol. The lowest BCUT2D eigenvalue weighted by Gasteiger charge is -2.18. The molecule has 0 aliphatic carbocycles. The summed E-state index contributed by atoms with van der Waals surface area (Å²) in [5, 5.41) is 11.5. The summed E-state index contributed by atoms with van der Waals surface area (Å²) in [6.45, 7) is 1.43. The minimum Gasteiger partial charge on any atom is -0.445 e. The van der Waals surface area contributed by atoms with Gasteiger partial charge in [0, 0.05) is 25.9 Å². The highest BCUT2D eigenvalue weighted by Gasteiger charge is 2.23. The third-order valence-corrected chi connectivity index (χ3v) is 9.91. The van der Waals surface area contributed by atoms with Crippen molar-refractivity contribution in [3.63, 3.8) is 0 Å². The number of hydrogen-bond acceptors (Lipinski definition) is 6. The Morgan fingerprint density at radius 2 is 0.655 bits per heavy atom. The molecule has 0 aliphatic rings. The number of carbonyl (C=O) groups excluding carboxylic acids is 4. The van der Waals surface area contributed by atoms with E-state index in [9.17, 15) is 19.2 Å². The van der Waals surface area contributed by atoms with Crippen LogP contribution in [0.4, 0.5) is 9.59 Å². The number of unbranched alkanes of at least 4 members (excludes halogenated alkanes) is 11. The smallest absolute Gasteiger partial charge is 0.408 e. The highest BCUT2D eigenvalue weighted by molar-refractivity contribution is 5.86. The van der Waals surface area contributed by atoms with Gasteiger partial charge in [-0.1, -0.05) is 186 Å². The molecule has 0 unspecified atom stereocenters. The van der Waals surface area contributed by atoms with Crippen LogP contribution < -0.4 is 21.3 Å². The van der Waals surface area contributed by atoms with Crippen molar-refractivity contribution in [2.45, 2.75) is 115 Å². The molecule has 0 saturated heterocycles. The summed E-state index contributed by atoms with van der Waals surface area (Å²) < 4.78 is 10.7. The van der Waals surface area contributed by atoms with Crippen LogP contribution in [0.1, 0.15) is 99.3 Å². The maximum atomic E-state index is 13.1. The highest BCUT2D eigenvalue weighted by atomic mass is 16.6. The molecule has 4 N–H and O–H groups in total. The van der Waals surface area contributed by atoms with E-state index in [-0.39, 0.29) is 25.0 Å². The molecule has 0 spiro atoms. The van der Waals surface area contributed by atoms with Crippen LogP contribution in [0.5, 0.6) is 0 Å². The molecule has 4 aromatic rings. The van der Waals surface area contributed by atoms with E-state index in [2.05, 4.69) is 21.3 Å². The van der Waals surface area contributed by atoms with Gasteiger partial charge in [-0.2, -0.15) is 0 Å². The molecule has 10 heteroatoms. The lowest BCUT2D eigenvalue weighted by molar-refractivity contribution is -0.123. The molecule has 2 atom stereocenters. The Hall–Kier alpha value is -5.64. The first-order valence-corrected chi connectivity index (χ1v) is 21.0. The molecular formula is C48H62N4O6. The number of rotatable bonds is 27. The predicted molar refractivity (Wildman–Crippen MR) is 229 cm³/mol. The fraction of sp³-hybridized carbons (Fsp3) is 0.417. The van der Waals surface area contributed by atoms with E-state index in [0.717, 1.165) is 60.8 Å². The van der Waals surface area contributed by atoms with Gasteiger partial charge in [-0.05, 0) is 35.1 Å². The SMILES string of the molecule is O=C(N[C@@H](Cc1ccccc1)C(=O)NCCCCCCCCCCCCCCNC(=O)[C@H](Cc1ccccc1)NC(=O)OCc1ccccc1)OCc1ccccc1.